The van der Waals surface area contributed by atoms with Gasteiger partial charge in [0.05, 0.1) is 23.2 Å². The van der Waals surface area contributed by atoms with Gasteiger partial charge in [0, 0.05) is 11.5 Å². The number of hydrogen-bond acceptors (Lipinski definition) is 11. The highest BCUT2D eigenvalue weighted by Gasteiger charge is 2.64. The van der Waals surface area contributed by atoms with Crippen LogP contribution in [0.15, 0.2) is 83.6 Å². The third-order valence-corrected chi connectivity index (χ3v) is 10.4. The molecule has 3 aliphatic rings. The highest BCUT2D eigenvalue weighted by molar-refractivity contribution is 6.34. The number of nitrogens with one attached hydrogen (secondary N) is 2. The second-order valence-corrected chi connectivity index (χ2v) is 13.9. The average molecular weight is 731 g/mol. The molecule has 0 bridgehead atoms. The van der Waals surface area contributed by atoms with Crippen molar-refractivity contribution >= 4 is 46.4 Å². The Labute approximate surface area is 304 Å². The number of halogens is 1. The van der Waals surface area contributed by atoms with Gasteiger partial charge in [-0.1, -0.05) is 72.3 Å². The van der Waals surface area contributed by atoms with Gasteiger partial charge in [0.15, 0.2) is 17.1 Å². The molecular formula is C38H39ClN4O9. The Morgan fingerprint density at radius 2 is 1.67 bits per heavy atom. The predicted octanol–water partition coefficient (Wildman–Crippen LogP) is 3.28. The molecular weight excluding hydrogens is 692 g/mol. The van der Waals surface area contributed by atoms with E-state index in [0.29, 0.717) is 18.4 Å². The number of aromatic hydroxyl groups is 1. The smallest absolute Gasteiger partial charge is 0.255 e. The van der Waals surface area contributed by atoms with Gasteiger partial charge >= 0.3 is 0 Å². The summed E-state index contributed by atoms with van der Waals surface area (Å²) in [6, 6.07) is 18.2. The zero-order valence-corrected chi connectivity index (χ0v) is 29.2. The lowest BCUT2D eigenvalue weighted by Gasteiger charge is -2.50. The average Bonchev–Trinajstić information content (AvgIpc) is 3.10. The molecule has 52 heavy (non-hydrogen) atoms. The van der Waals surface area contributed by atoms with Crippen LogP contribution in [0.5, 0.6) is 5.75 Å². The van der Waals surface area contributed by atoms with E-state index in [2.05, 4.69) is 10.8 Å². The molecule has 3 aliphatic carbocycles. The lowest BCUT2D eigenvalue weighted by Crippen LogP contribution is -2.65. The molecule has 6 rings (SSSR count). The van der Waals surface area contributed by atoms with Gasteiger partial charge in [-0.25, -0.2) is 0 Å². The third-order valence-electron chi connectivity index (χ3n) is 10.1. The zero-order valence-electron chi connectivity index (χ0n) is 28.4. The number of hydrogen-bond donors (Lipinski definition) is 7. The number of Topliss-reactive ketones (excluding diaryl/α,β-unsaturated/α-hetero) is 2. The number of aryl methyl sites for hydroxylation is 1. The maximum absolute atomic E-state index is 14.2. The first-order valence-corrected chi connectivity index (χ1v) is 17.1. The van der Waals surface area contributed by atoms with Gasteiger partial charge in [-0.3, -0.25) is 28.9 Å². The standard InChI is InChI=1S/C38H39ClN4O9/c1-43(2)30-23-16-21-15-22-17-24(39)29(32(45)26(22)31(44)27(21)34(47)38(23,51)35(48)28(33(30)46)36(40)49)41-37(50)25(14-13-19-9-5-3-6-10-19)42-52-18-20-11-7-4-8-12-20/h3-12,17,21,23,25,30,42,44-45,48,51H,13-16,18H2,1-2H3,(H2,40,49)(H,41,50)/t21?,23?,25?,30-,38?/m0/s1. The number of nitrogens with zero attached hydrogens (tertiary/aromatic N) is 1. The van der Waals surface area contributed by atoms with Crippen molar-refractivity contribution in [1.29, 1.82) is 0 Å². The molecule has 5 atom stereocenters. The van der Waals surface area contributed by atoms with E-state index in [-0.39, 0.29) is 41.3 Å². The fourth-order valence-corrected chi connectivity index (χ4v) is 7.86. The van der Waals surface area contributed by atoms with Gasteiger partial charge in [0.25, 0.3) is 5.91 Å². The summed E-state index contributed by atoms with van der Waals surface area (Å²) in [5.74, 6) is -8.41. The summed E-state index contributed by atoms with van der Waals surface area (Å²) in [5.41, 5.74) is 5.98. The second kappa shape index (κ2) is 14.5. The number of fused-ring (bicyclic) bond motifs is 3. The summed E-state index contributed by atoms with van der Waals surface area (Å²) in [7, 11) is 3.05. The molecule has 0 heterocycles. The number of carbonyl (C=O) groups excluding carboxylic acids is 4. The van der Waals surface area contributed by atoms with Gasteiger partial charge in [0.2, 0.25) is 11.7 Å². The van der Waals surface area contributed by atoms with Crippen LogP contribution in [0.4, 0.5) is 5.69 Å². The van der Waals surface area contributed by atoms with E-state index in [1.54, 1.807) is 0 Å². The summed E-state index contributed by atoms with van der Waals surface area (Å²) in [4.78, 5) is 60.6. The minimum Gasteiger partial charge on any atom is -0.508 e. The molecule has 2 amide bonds. The number of phenols is 1. The fraction of sp³-hybridized carbons (Fsp3) is 0.316. The van der Waals surface area contributed by atoms with Crippen LogP contribution in [-0.4, -0.2) is 80.5 Å². The van der Waals surface area contributed by atoms with Gasteiger partial charge in [-0.05, 0) is 68.5 Å². The minimum absolute atomic E-state index is 0.0443. The van der Waals surface area contributed by atoms with Crippen LogP contribution < -0.4 is 16.5 Å². The molecule has 14 heteroatoms. The molecule has 0 aliphatic heterocycles. The van der Waals surface area contributed by atoms with Crippen molar-refractivity contribution in [3.63, 3.8) is 0 Å². The lowest BCUT2D eigenvalue weighted by molar-refractivity contribution is -0.153. The molecule has 272 valence electrons. The summed E-state index contributed by atoms with van der Waals surface area (Å²) < 4.78 is 0. The highest BCUT2D eigenvalue weighted by Crippen LogP contribution is 2.54. The minimum atomic E-state index is -2.78. The highest BCUT2D eigenvalue weighted by atomic mass is 35.5. The van der Waals surface area contributed by atoms with E-state index >= 15 is 0 Å². The number of amides is 2. The predicted molar refractivity (Wildman–Crippen MR) is 191 cm³/mol. The van der Waals surface area contributed by atoms with E-state index in [4.69, 9.17) is 22.2 Å². The Morgan fingerprint density at radius 1 is 1.04 bits per heavy atom. The number of ketones is 2. The third kappa shape index (κ3) is 6.46. The number of benzene rings is 3. The van der Waals surface area contributed by atoms with E-state index in [0.717, 1.165) is 11.1 Å². The number of rotatable bonds is 11. The van der Waals surface area contributed by atoms with Gasteiger partial charge in [-0.15, -0.1) is 0 Å². The number of primary amides is 1. The Kier molecular flexibility index (Phi) is 10.3. The molecule has 4 unspecified atom stereocenters. The van der Waals surface area contributed by atoms with Crippen LogP contribution >= 0.6 is 11.6 Å². The number of carbonyl (C=O) groups is 4. The zero-order chi connectivity index (χ0) is 37.5. The van der Waals surface area contributed by atoms with Crippen molar-refractivity contribution in [2.24, 2.45) is 17.6 Å². The number of hydroxylamine groups is 1. The second-order valence-electron chi connectivity index (χ2n) is 13.5. The molecule has 0 radical (unpaired) electrons. The number of likely N-dealkylation sites (N-methyl/N-ethyl adjacent to an activating group) is 1. The van der Waals surface area contributed by atoms with Gasteiger partial charge in [0.1, 0.15) is 28.8 Å². The summed E-state index contributed by atoms with van der Waals surface area (Å²) >= 11 is 6.64. The van der Waals surface area contributed by atoms with Crippen LogP contribution in [0, 0.1) is 11.8 Å². The molecule has 0 saturated heterocycles. The van der Waals surface area contributed by atoms with Crippen molar-refractivity contribution in [1.82, 2.24) is 10.4 Å². The fourth-order valence-electron chi connectivity index (χ4n) is 7.59. The molecule has 1 fully saturated rings. The Hall–Kier alpha value is -5.05. The molecule has 3 aromatic rings. The van der Waals surface area contributed by atoms with Crippen molar-refractivity contribution < 1.29 is 44.4 Å². The number of anilines is 1. The van der Waals surface area contributed by atoms with Crippen LogP contribution in [-0.2, 0) is 43.5 Å². The van der Waals surface area contributed by atoms with Gasteiger partial charge in [-0.2, -0.15) is 5.48 Å². The first kappa shape index (κ1) is 36.7. The van der Waals surface area contributed by atoms with Crippen LogP contribution in [0.25, 0.3) is 5.76 Å². The van der Waals surface area contributed by atoms with Crippen molar-refractivity contribution in [2.75, 3.05) is 19.4 Å². The maximum Gasteiger partial charge on any atom is 0.255 e. The van der Waals surface area contributed by atoms with Crippen LogP contribution in [0.3, 0.4) is 0 Å². The quantitative estimate of drug-likeness (QED) is 0.0864. The molecule has 3 aromatic carbocycles. The Morgan fingerprint density at radius 3 is 2.29 bits per heavy atom. The SMILES string of the molecule is CN(C)[C@@H]1C(=O)C(C(N)=O)=C(O)C2(O)C(=O)C3=C(O)c4c(cc(Cl)c(NC(=O)C(CCc5ccccc5)NOCc5ccccc5)c4O)CC3CC12. The lowest BCUT2D eigenvalue weighted by atomic mass is 9.57. The number of phenolic OH excluding ortho intramolecular Hbond substituents is 1. The molecule has 8 N–H and O–H groups in total. The number of nitrogens with two attached hydrogens (primary N) is 1. The summed E-state index contributed by atoms with van der Waals surface area (Å²) in [6.45, 7) is 0.166. The van der Waals surface area contributed by atoms with E-state index in [1.165, 1.54) is 25.1 Å². The summed E-state index contributed by atoms with van der Waals surface area (Å²) in [5, 5.41) is 48.7. The molecule has 0 aromatic heterocycles. The van der Waals surface area contributed by atoms with Crippen molar-refractivity contribution in [2.45, 2.75) is 50.0 Å². The van der Waals surface area contributed by atoms with Crippen molar-refractivity contribution in [3.05, 3.63) is 111 Å². The largest absolute Gasteiger partial charge is 0.508 e. The van der Waals surface area contributed by atoms with E-state index in [9.17, 15) is 39.6 Å². The maximum atomic E-state index is 14.2. The monoisotopic (exact) mass is 730 g/mol. The number of aliphatic hydroxyl groups excluding tert-OH is 2. The molecule has 1 saturated carbocycles. The first-order valence-electron chi connectivity index (χ1n) is 16.7. The molecule has 13 nitrogen and oxygen atoms in total. The van der Waals surface area contributed by atoms with Crippen LogP contribution in [0.1, 0.15) is 35.1 Å². The Balaban J connectivity index is 1.32. The van der Waals surface area contributed by atoms with Crippen molar-refractivity contribution in [3.8, 4) is 5.75 Å². The van der Waals surface area contributed by atoms with Gasteiger partial charge < -0.3 is 31.5 Å². The normalized spacial score (nSPS) is 23.2. The topological polar surface area (TPSA) is 212 Å². The summed E-state index contributed by atoms with van der Waals surface area (Å²) in [6.07, 6.45) is 0.773. The number of aliphatic hydroxyl groups is 3. The van der Waals surface area contributed by atoms with E-state index in [1.807, 2.05) is 60.7 Å². The van der Waals surface area contributed by atoms with Crippen LogP contribution in [0.2, 0.25) is 5.02 Å². The van der Waals surface area contributed by atoms with E-state index < -0.39 is 75.7 Å². The Bertz CT molecular complexity index is 2000. The molecule has 0 spiro atoms. The first-order chi connectivity index (χ1) is 24.7.